The van der Waals surface area contributed by atoms with Crippen molar-refractivity contribution in [3.63, 3.8) is 0 Å². The topological polar surface area (TPSA) is 29.5 Å². The van der Waals surface area contributed by atoms with Crippen molar-refractivity contribution in [2.45, 2.75) is 24.0 Å². The van der Waals surface area contributed by atoms with Crippen molar-refractivity contribution in [3.05, 3.63) is 59.7 Å². The van der Waals surface area contributed by atoms with Gasteiger partial charge >= 0.3 is 0 Å². The average molecular weight is 272 g/mol. The van der Waals surface area contributed by atoms with Crippen LogP contribution in [-0.4, -0.2) is 17.0 Å². The minimum Gasteiger partial charge on any atom is -0.485 e. The third-order valence-electron chi connectivity index (χ3n) is 3.27. The van der Waals surface area contributed by atoms with Crippen LogP contribution in [0.25, 0.3) is 0 Å². The van der Waals surface area contributed by atoms with E-state index in [1.54, 1.807) is 11.8 Å². The van der Waals surface area contributed by atoms with Gasteiger partial charge in [0.25, 0.3) is 0 Å². The molecule has 0 bridgehead atoms. The van der Waals surface area contributed by atoms with Gasteiger partial charge in [-0.05, 0) is 24.6 Å². The van der Waals surface area contributed by atoms with Gasteiger partial charge in [-0.1, -0.05) is 42.0 Å². The fourth-order valence-electron chi connectivity index (χ4n) is 2.26. The zero-order valence-electron chi connectivity index (χ0n) is 10.7. The fraction of sp³-hybridized carbons (Fsp3) is 0.250. The van der Waals surface area contributed by atoms with E-state index < -0.39 is 6.10 Å². The van der Waals surface area contributed by atoms with Gasteiger partial charge in [0.05, 0.1) is 0 Å². The molecule has 1 N–H and O–H groups in total. The number of aliphatic hydroxyl groups excluding tert-OH is 1. The number of benzene rings is 2. The number of ether oxygens (including phenoxy) is 1. The summed E-state index contributed by atoms with van der Waals surface area (Å²) < 4.78 is 5.92. The van der Waals surface area contributed by atoms with E-state index in [0.717, 1.165) is 27.5 Å². The van der Waals surface area contributed by atoms with Crippen molar-refractivity contribution in [1.29, 1.82) is 0 Å². The zero-order valence-corrected chi connectivity index (χ0v) is 11.6. The van der Waals surface area contributed by atoms with Crippen LogP contribution in [0.3, 0.4) is 0 Å². The van der Waals surface area contributed by atoms with Crippen LogP contribution in [0.4, 0.5) is 0 Å². The summed E-state index contributed by atoms with van der Waals surface area (Å²) in [6.07, 6.45) is -0.776. The number of para-hydroxylation sites is 1. The Hall–Kier alpha value is -1.45. The SMILES string of the molecule is Cc1cccc(C(O)C2CSc3ccccc3O2)c1. The standard InChI is InChI=1S/C16H16O2S/c1-11-5-4-6-12(9-11)16(17)14-10-19-15-8-3-2-7-13(15)18-14/h2-9,14,16-17H,10H2,1H3. The molecular weight excluding hydrogens is 256 g/mol. The molecule has 0 fully saturated rings. The van der Waals surface area contributed by atoms with E-state index in [-0.39, 0.29) is 6.10 Å². The summed E-state index contributed by atoms with van der Waals surface area (Å²) in [5, 5.41) is 10.5. The predicted octanol–water partition coefficient (Wildman–Crippen LogP) is 3.58. The maximum Gasteiger partial charge on any atom is 0.138 e. The summed E-state index contributed by atoms with van der Waals surface area (Å²) >= 11 is 1.74. The van der Waals surface area contributed by atoms with E-state index in [0.29, 0.717) is 0 Å². The quantitative estimate of drug-likeness (QED) is 0.906. The van der Waals surface area contributed by atoms with Crippen molar-refractivity contribution in [2.75, 3.05) is 5.75 Å². The summed E-state index contributed by atoms with van der Waals surface area (Å²) in [5.41, 5.74) is 2.07. The first-order valence-corrected chi connectivity index (χ1v) is 7.36. The van der Waals surface area contributed by atoms with Gasteiger partial charge in [-0.15, -0.1) is 11.8 Å². The molecule has 2 aromatic carbocycles. The highest BCUT2D eigenvalue weighted by molar-refractivity contribution is 7.99. The van der Waals surface area contributed by atoms with Gasteiger partial charge in [-0.2, -0.15) is 0 Å². The second-order valence-electron chi connectivity index (χ2n) is 4.77. The third-order valence-corrected chi connectivity index (χ3v) is 4.41. The summed E-state index contributed by atoms with van der Waals surface area (Å²) in [5.74, 6) is 1.64. The van der Waals surface area contributed by atoms with Gasteiger partial charge in [-0.25, -0.2) is 0 Å². The molecule has 2 nitrogen and oxygen atoms in total. The van der Waals surface area contributed by atoms with Crippen molar-refractivity contribution in [1.82, 2.24) is 0 Å². The molecule has 1 aliphatic rings. The molecule has 0 saturated carbocycles. The fourth-order valence-corrected chi connectivity index (χ4v) is 3.29. The second-order valence-corrected chi connectivity index (χ2v) is 5.83. The van der Waals surface area contributed by atoms with Crippen LogP contribution < -0.4 is 4.74 Å². The van der Waals surface area contributed by atoms with E-state index in [2.05, 4.69) is 6.07 Å². The lowest BCUT2D eigenvalue weighted by atomic mass is 10.0. The highest BCUT2D eigenvalue weighted by Gasteiger charge is 2.27. The number of hydrogen-bond acceptors (Lipinski definition) is 3. The summed E-state index contributed by atoms with van der Waals surface area (Å²) in [6.45, 7) is 2.03. The molecule has 3 heteroatoms. The van der Waals surface area contributed by atoms with Crippen LogP contribution in [0.1, 0.15) is 17.2 Å². The van der Waals surface area contributed by atoms with Crippen molar-refractivity contribution in [2.24, 2.45) is 0 Å². The molecule has 0 aromatic heterocycles. The Kier molecular flexibility index (Phi) is 3.49. The van der Waals surface area contributed by atoms with Gasteiger partial charge in [0, 0.05) is 10.6 Å². The van der Waals surface area contributed by atoms with Crippen molar-refractivity contribution < 1.29 is 9.84 Å². The van der Waals surface area contributed by atoms with Gasteiger partial charge in [0.2, 0.25) is 0 Å². The van der Waals surface area contributed by atoms with E-state index in [1.165, 1.54) is 0 Å². The Morgan fingerprint density at radius 2 is 2.05 bits per heavy atom. The smallest absolute Gasteiger partial charge is 0.138 e. The van der Waals surface area contributed by atoms with Gasteiger partial charge < -0.3 is 9.84 Å². The minimum atomic E-state index is -0.583. The van der Waals surface area contributed by atoms with Crippen LogP contribution in [0.2, 0.25) is 0 Å². The molecule has 1 aliphatic heterocycles. The van der Waals surface area contributed by atoms with E-state index >= 15 is 0 Å². The molecule has 0 spiro atoms. The third kappa shape index (κ3) is 2.62. The van der Waals surface area contributed by atoms with Gasteiger partial charge in [0.15, 0.2) is 0 Å². The molecule has 0 aliphatic carbocycles. The predicted molar refractivity (Wildman–Crippen MR) is 77.7 cm³/mol. The molecule has 2 aromatic rings. The normalized spacial score (nSPS) is 19.4. The van der Waals surface area contributed by atoms with Crippen molar-refractivity contribution in [3.8, 4) is 5.75 Å². The monoisotopic (exact) mass is 272 g/mol. The molecule has 0 saturated heterocycles. The molecule has 2 unspecified atom stereocenters. The zero-order chi connectivity index (χ0) is 13.2. The van der Waals surface area contributed by atoms with Crippen LogP contribution in [-0.2, 0) is 0 Å². The average Bonchev–Trinajstić information content (AvgIpc) is 2.46. The number of hydrogen-bond donors (Lipinski definition) is 1. The molecule has 0 amide bonds. The van der Waals surface area contributed by atoms with Crippen LogP contribution in [0.5, 0.6) is 5.75 Å². The first-order chi connectivity index (χ1) is 9.24. The Labute approximate surface area is 117 Å². The molecule has 3 rings (SSSR count). The highest BCUT2D eigenvalue weighted by Crippen LogP contribution is 2.38. The second kappa shape index (κ2) is 5.27. The lowest BCUT2D eigenvalue weighted by Gasteiger charge is -2.29. The number of thioether (sulfide) groups is 1. The number of aryl methyl sites for hydroxylation is 1. The first kappa shape index (κ1) is 12.6. The molecule has 2 atom stereocenters. The molecule has 19 heavy (non-hydrogen) atoms. The van der Waals surface area contributed by atoms with Crippen molar-refractivity contribution >= 4 is 11.8 Å². The minimum absolute atomic E-state index is 0.193. The van der Waals surface area contributed by atoms with Crippen LogP contribution in [0, 0.1) is 6.92 Å². The molecule has 98 valence electrons. The van der Waals surface area contributed by atoms with E-state index in [9.17, 15) is 5.11 Å². The maximum absolute atomic E-state index is 10.5. The number of rotatable bonds is 2. The van der Waals surface area contributed by atoms with Gasteiger partial charge in [0.1, 0.15) is 18.0 Å². The Morgan fingerprint density at radius 3 is 2.89 bits per heavy atom. The Bertz CT molecular complexity index is 582. The summed E-state index contributed by atoms with van der Waals surface area (Å²) in [4.78, 5) is 1.15. The van der Waals surface area contributed by atoms with E-state index in [4.69, 9.17) is 4.74 Å². The van der Waals surface area contributed by atoms with Crippen LogP contribution in [0.15, 0.2) is 53.4 Å². The van der Waals surface area contributed by atoms with E-state index in [1.807, 2.05) is 49.4 Å². The Balaban J connectivity index is 1.81. The largest absolute Gasteiger partial charge is 0.485 e. The molecular formula is C16H16O2S. The van der Waals surface area contributed by atoms with Crippen LogP contribution >= 0.6 is 11.8 Å². The lowest BCUT2D eigenvalue weighted by molar-refractivity contribution is 0.0457. The first-order valence-electron chi connectivity index (χ1n) is 6.37. The summed E-state index contributed by atoms with van der Waals surface area (Å²) in [7, 11) is 0. The maximum atomic E-state index is 10.5. The molecule has 0 radical (unpaired) electrons. The highest BCUT2D eigenvalue weighted by atomic mass is 32.2. The van der Waals surface area contributed by atoms with Gasteiger partial charge in [-0.3, -0.25) is 0 Å². The molecule has 1 heterocycles. The number of fused-ring (bicyclic) bond motifs is 1. The number of aliphatic hydroxyl groups is 1. The lowest BCUT2D eigenvalue weighted by Crippen LogP contribution is -2.30. The summed E-state index contributed by atoms with van der Waals surface area (Å²) in [6, 6.07) is 15.9. The Morgan fingerprint density at radius 1 is 1.21 bits per heavy atom.